The molecule has 110 valence electrons. The lowest BCUT2D eigenvalue weighted by atomic mass is 10.1. The quantitative estimate of drug-likeness (QED) is 0.865. The molecule has 1 saturated heterocycles. The van der Waals surface area contributed by atoms with Crippen molar-refractivity contribution in [3.63, 3.8) is 0 Å². The standard InChI is InChI=1S/C15H20BrNO3/c16-12-6-4-11(5-7-12)14(18)15(19)17-9-8-13-3-1-2-10-20-13/h4-7,13-14,18H,1-3,8-10H2,(H,17,19)/t13-,14+/m0/s1. The van der Waals surface area contributed by atoms with Crippen molar-refractivity contribution in [2.45, 2.75) is 37.9 Å². The monoisotopic (exact) mass is 341 g/mol. The van der Waals surface area contributed by atoms with Gasteiger partial charge in [0, 0.05) is 17.6 Å². The van der Waals surface area contributed by atoms with Crippen LogP contribution in [0, 0.1) is 0 Å². The van der Waals surface area contributed by atoms with Gasteiger partial charge in [0.05, 0.1) is 6.10 Å². The summed E-state index contributed by atoms with van der Waals surface area (Å²) >= 11 is 3.32. The summed E-state index contributed by atoms with van der Waals surface area (Å²) in [5, 5.41) is 12.7. The van der Waals surface area contributed by atoms with E-state index in [-0.39, 0.29) is 12.0 Å². The average molecular weight is 342 g/mol. The fourth-order valence-corrected chi connectivity index (χ4v) is 2.55. The summed E-state index contributed by atoms with van der Waals surface area (Å²) in [5.74, 6) is -0.358. The van der Waals surface area contributed by atoms with Gasteiger partial charge in [-0.1, -0.05) is 28.1 Å². The Bertz CT molecular complexity index is 429. The van der Waals surface area contributed by atoms with E-state index in [2.05, 4.69) is 21.2 Å². The van der Waals surface area contributed by atoms with Crippen molar-refractivity contribution in [3.8, 4) is 0 Å². The van der Waals surface area contributed by atoms with E-state index in [0.29, 0.717) is 12.1 Å². The number of aliphatic hydroxyl groups is 1. The average Bonchev–Trinajstić information content (AvgIpc) is 2.48. The molecule has 0 radical (unpaired) electrons. The van der Waals surface area contributed by atoms with E-state index in [0.717, 1.165) is 30.3 Å². The first-order valence-corrected chi connectivity index (χ1v) is 7.79. The number of amides is 1. The Hall–Kier alpha value is -0.910. The molecular formula is C15H20BrNO3. The Morgan fingerprint density at radius 2 is 2.15 bits per heavy atom. The molecule has 0 bridgehead atoms. The molecule has 0 saturated carbocycles. The lowest BCUT2D eigenvalue weighted by Crippen LogP contribution is -2.32. The SMILES string of the molecule is O=C(NCC[C@@H]1CCCCO1)[C@H](O)c1ccc(Br)cc1. The van der Waals surface area contributed by atoms with Crippen LogP contribution in [0.5, 0.6) is 0 Å². The van der Waals surface area contributed by atoms with Crippen LogP contribution >= 0.6 is 15.9 Å². The van der Waals surface area contributed by atoms with Crippen LogP contribution in [0.1, 0.15) is 37.4 Å². The van der Waals surface area contributed by atoms with E-state index in [1.54, 1.807) is 12.1 Å². The minimum Gasteiger partial charge on any atom is -0.378 e. The van der Waals surface area contributed by atoms with Gasteiger partial charge >= 0.3 is 0 Å². The Morgan fingerprint density at radius 1 is 1.40 bits per heavy atom. The number of hydrogen-bond acceptors (Lipinski definition) is 3. The minimum atomic E-state index is -1.12. The highest BCUT2D eigenvalue weighted by atomic mass is 79.9. The Balaban J connectivity index is 1.74. The van der Waals surface area contributed by atoms with Crippen LogP contribution in [-0.2, 0) is 9.53 Å². The van der Waals surface area contributed by atoms with Crippen molar-refractivity contribution in [2.75, 3.05) is 13.2 Å². The van der Waals surface area contributed by atoms with Gasteiger partial charge in [-0.05, 0) is 43.4 Å². The third-order valence-corrected chi connectivity index (χ3v) is 4.00. The van der Waals surface area contributed by atoms with Crippen LogP contribution in [0.4, 0.5) is 0 Å². The molecule has 2 atom stereocenters. The van der Waals surface area contributed by atoms with E-state index >= 15 is 0 Å². The molecule has 20 heavy (non-hydrogen) atoms. The molecular weight excluding hydrogens is 322 g/mol. The maximum Gasteiger partial charge on any atom is 0.253 e. The molecule has 1 heterocycles. The second-order valence-electron chi connectivity index (χ2n) is 5.02. The summed E-state index contributed by atoms with van der Waals surface area (Å²) in [4.78, 5) is 11.9. The van der Waals surface area contributed by atoms with Crippen molar-refractivity contribution < 1.29 is 14.6 Å². The highest BCUT2D eigenvalue weighted by Gasteiger charge is 2.18. The summed E-state index contributed by atoms with van der Waals surface area (Å²) in [6, 6.07) is 7.08. The number of hydrogen-bond donors (Lipinski definition) is 2. The molecule has 0 aliphatic carbocycles. The molecule has 1 aliphatic heterocycles. The maximum absolute atomic E-state index is 11.9. The highest BCUT2D eigenvalue weighted by Crippen LogP contribution is 2.17. The number of carbonyl (C=O) groups is 1. The molecule has 0 unspecified atom stereocenters. The molecule has 1 aromatic rings. The molecule has 1 fully saturated rings. The van der Waals surface area contributed by atoms with Gasteiger partial charge < -0.3 is 15.2 Å². The first-order valence-electron chi connectivity index (χ1n) is 6.99. The lowest BCUT2D eigenvalue weighted by molar-refractivity contribution is -0.129. The zero-order chi connectivity index (χ0) is 14.4. The van der Waals surface area contributed by atoms with E-state index < -0.39 is 6.10 Å². The van der Waals surface area contributed by atoms with E-state index in [1.165, 1.54) is 6.42 Å². The first-order chi connectivity index (χ1) is 9.66. The Labute approximate surface area is 127 Å². The lowest BCUT2D eigenvalue weighted by Gasteiger charge is -2.22. The fourth-order valence-electron chi connectivity index (χ4n) is 2.28. The first kappa shape index (κ1) is 15.5. The summed E-state index contributed by atoms with van der Waals surface area (Å²) in [6.45, 7) is 1.36. The van der Waals surface area contributed by atoms with Gasteiger partial charge in [0.25, 0.3) is 5.91 Å². The Morgan fingerprint density at radius 3 is 2.80 bits per heavy atom. The van der Waals surface area contributed by atoms with Gasteiger partial charge in [-0.2, -0.15) is 0 Å². The Kier molecular flexibility index (Phi) is 6.01. The van der Waals surface area contributed by atoms with Crippen molar-refractivity contribution in [2.24, 2.45) is 0 Å². The normalized spacial score (nSPS) is 20.4. The molecule has 1 aromatic carbocycles. The topological polar surface area (TPSA) is 58.6 Å². The van der Waals surface area contributed by atoms with Gasteiger partial charge in [0.1, 0.15) is 0 Å². The summed E-state index contributed by atoms with van der Waals surface area (Å²) in [6.07, 6.45) is 3.32. The second-order valence-corrected chi connectivity index (χ2v) is 5.94. The van der Waals surface area contributed by atoms with Crippen molar-refractivity contribution in [1.29, 1.82) is 0 Å². The number of halogens is 1. The summed E-state index contributed by atoms with van der Waals surface area (Å²) in [7, 11) is 0. The zero-order valence-electron chi connectivity index (χ0n) is 11.3. The van der Waals surface area contributed by atoms with Gasteiger partial charge in [-0.25, -0.2) is 0 Å². The van der Waals surface area contributed by atoms with Crippen molar-refractivity contribution in [3.05, 3.63) is 34.3 Å². The predicted octanol–water partition coefficient (Wildman–Crippen LogP) is 2.56. The molecule has 1 aliphatic rings. The van der Waals surface area contributed by atoms with E-state index in [1.807, 2.05) is 12.1 Å². The summed E-state index contributed by atoms with van der Waals surface area (Å²) in [5.41, 5.74) is 0.597. The molecule has 2 N–H and O–H groups in total. The third-order valence-electron chi connectivity index (χ3n) is 3.47. The molecule has 2 rings (SSSR count). The van der Waals surface area contributed by atoms with Gasteiger partial charge in [0.15, 0.2) is 6.10 Å². The zero-order valence-corrected chi connectivity index (χ0v) is 12.9. The highest BCUT2D eigenvalue weighted by molar-refractivity contribution is 9.10. The maximum atomic E-state index is 11.9. The van der Waals surface area contributed by atoms with Crippen LogP contribution < -0.4 is 5.32 Å². The third kappa shape index (κ3) is 4.58. The van der Waals surface area contributed by atoms with Crippen LogP contribution in [0.2, 0.25) is 0 Å². The predicted molar refractivity (Wildman–Crippen MR) is 80.3 cm³/mol. The van der Waals surface area contributed by atoms with Gasteiger partial charge in [-0.3, -0.25) is 4.79 Å². The number of carbonyl (C=O) groups excluding carboxylic acids is 1. The van der Waals surface area contributed by atoms with Crippen LogP contribution in [0.15, 0.2) is 28.7 Å². The molecule has 4 nitrogen and oxygen atoms in total. The van der Waals surface area contributed by atoms with E-state index in [4.69, 9.17) is 4.74 Å². The van der Waals surface area contributed by atoms with Crippen molar-refractivity contribution in [1.82, 2.24) is 5.32 Å². The van der Waals surface area contributed by atoms with E-state index in [9.17, 15) is 9.90 Å². The molecule has 0 spiro atoms. The second kappa shape index (κ2) is 7.76. The van der Waals surface area contributed by atoms with Crippen LogP contribution in [-0.4, -0.2) is 30.3 Å². The molecule has 0 aromatic heterocycles. The van der Waals surface area contributed by atoms with Gasteiger partial charge in [-0.15, -0.1) is 0 Å². The minimum absolute atomic E-state index is 0.244. The number of nitrogens with one attached hydrogen (secondary N) is 1. The smallest absolute Gasteiger partial charge is 0.253 e. The number of benzene rings is 1. The number of aliphatic hydroxyl groups excluding tert-OH is 1. The number of ether oxygens (including phenoxy) is 1. The van der Waals surface area contributed by atoms with Crippen LogP contribution in [0.3, 0.4) is 0 Å². The largest absolute Gasteiger partial charge is 0.378 e. The summed E-state index contributed by atoms with van der Waals surface area (Å²) < 4.78 is 6.52. The number of rotatable bonds is 5. The van der Waals surface area contributed by atoms with Crippen LogP contribution in [0.25, 0.3) is 0 Å². The van der Waals surface area contributed by atoms with Crippen molar-refractivity contribution >= 4 is 21.8 Å². The van der Waals surface area contributed by atoms with Gasteiger partial charge in [0.2, 0.25) is 0 Å². The molecule has 5 heteroatoms. The fraction of sp³-hybridized carbons (Fsp3) is 0.533. The molecule has 1 amide bonds.